The summed E-state index contributed by atoms with van der Waals surface area (Å²) in [6, 6.07) is 9.83. The Morgan fingerprint density at radius 2 is 2.04 bits per heavy atom. The second kappa shape index (κ2) is 7.91. The van der Waals surface area contributed by atoms with Crippen LogP contribution in [-0.2, 0) is 9.47 Å². The average Bonchev–Trinajstić information content (AvgIpc) is 2.68. The zero-order valence-corrected chi connectivity index (χ0v) is 15.4. The third-order valence-electron chi connectivity index (χ3n) is 5.18. The summed E-state index contributed by atoms with van der Waals surface area (Å²) in [6.07, 6.45) is 3.93. The summed E-state index contributed by atoms with van der Waals surface area (Å²) >= 11 is 0. The Labute approximate surface area is 158 Å². The Morgan fingerprint density at radius 3 is 2.78 bits per heavy atom. The minimum atomic E-state index is 0.268. The lowest BCUT2D eigenvalue weighted by Crippen LogP contribution is -2.52. The molecule has 0 atom stereocenters. The van der Waals surface area contributed by atoms with Crippen molar-refractivity contribution in [3.8, 4) is 6.07 Å². The summed E-state index contributed by atoms with van der Waals surface area (Å²) in [5.74, 6) is 2.79. The van der Waals surface area contributed by atoms with Gasteiger partial charge in [-0.15, -0.1) is 0 Å². The zero-order chi connectivity index (χ0) is 18.6. The molecule has 0 bridgehead atoms. The normalized spacial score (nSPS) is 18.0. The van der Waals surface area contributed by atoms with Crippen molar-refractivity contribution in [3.63, 3.8) is 0 Å². The van der Waals surface area contributed by atoms with Crippen molar-refractivity contribution < 1.29 is 9.47 Å². The number of anilines is 3. The summed E-state index contributed by atoms with van der Waals surface area (Å²) in [4.78, 5) is 11.3. The molecule has 7 nitrogen and oxygen atoms in total. The third kappa shape index (κ3) is 4.02. The maximum atomic E-state index is 9.10. The molecule has 4 heterocycles. The maximum Gasteiger partial charge on any atom is 0.134 e. The molecule has 0 amide bonds. The molecule has 7 heteroatoms. The first-order chi connectivity index (χ1) is 13.2. The van der Waals surface area contributed by atoms with E-state index in [1.54, 1.807) is 25.4 Å². The van der Waals surface area contributed by atoms with Gasteiger partial charge in [0.15, 0.2) is 0 Å². The number of pyridine rings is 2. The van der Waals surface area contributed by atoms with Crippen LogP contribution in [0.1, 0.15) is 29.9 Å². The molecule has 0 unspecified atom stereocenters. The molecule has 2 aliphatic rings. The third-order valence-corrected chi connectivity index (χ3v) is 5.18. The Hall–Kier alpha value is -2.69. The van der Waals surface area contributed by atoms with Gasteiger partial charge in [0.05, 0.1) is 17.7 Å². The molecule has 0 saturated carbocycles. The Balaban J connectivity index is 1.61. The SMILES string of the molecule is COC1CN(c2cc(C3CCOCC3)cc(Nc3cc(C#N)ccn3)n2)C1. The zero-order valence-electron chi connectivity index (χ0n) is 15.4. The topological polar surface area (TPSA) is 83.3 Å². The summed E-state index contributed by atoms with van der Waals surface area (Å²) in [6.45, 7) is 3.29. The first kappa shape index (κ1) is 17.7. The molecule has 2 saturated heterocycles. The second-order valence-electron chi connectivity index (χ2n) is 6.96. The van der Waals surface area contributed by atoms with Gasteiger partial charge in [0.1, 0.15) is 17.5 Å². The van der Waals surface area contributed by atoms with Crippen LogP contribution in [0.4, 0.5) is 17.5 Å². The van der Waals surface area contributed by atoms with Crippen molar-refractivity contribution in [2.24, 2.45) is 0 Å². The van der Waals surface area contributed by atoms with E-state index in [1.807, 2.05) is 0 Å². The molecule has 0 aliphatic carbocycles. The van der Waals surface area contributed by atoms with Crippen molar-refractivity contribution in [3.05, 3.63) is 41.6 Å². The van der Waals surface area contributed by atoms with E-state index in [9.17, 15) is 0 Å². The molecule has 0 aromatic carbocycles. The first-order valence-electron chi connectivity index (χ1n) is 9.26. The molecular formula is C20H23N5O2. The van der Waals surface area contributed by atoms with Crippen LogP contribution in [0.2, 0.25) is 0 Å². The van der Waals surface area contributed by atoms with Crippen molar-refractivity contribution >= 4 is 17.5 Å². The van der Waals surface area contributed by atoms with Gasteiger partial charge in [-0.1, -0.05) is 0 Å². The number of ether oxygens (including phenoxy) is 2. The van der Waals surface area contributed by atoms with Gasteiger partial charge < -0.3 is 19.7 Å². The maximum absolute atomic E-state index is 9.10. The van der Waals surface area contributed by atoms with E-state index in [2.05, 4.69) is 33.4 Å². The van der Waals surface area contributed by atoms with Crippen molar-refractivity contribution in [1.82, 2.24) is 9.97 Å². The molecule has 0 radical (unpaired) electrons. The number of aromatic nitrogens is 2. The highest BCUT2D eigenvalue weighted by Gasteiger charge is 2.29. The predicted molar refractivity (Wildman–Crippen MR) is 102 cm³/mol. The van der Waals surface area contributed by atoms with E-state index >= 15 is 0 Å². The lowest BCUT2D eigenvalue weighted by atomic mass is 9.92. The monoisotopic (exact) mass is 365 g/mol. The smallest absolute Gasteiger partial charge is 0.134 e. The van der Waals surface area contributed by atoms with E-state index in [4.69, 9.17) is 19.7 Å². The fraction of sp³-hybridized carbons (Fsp3) is 0.450. The molecule has 2 aromatic rings. The minimum Gasteiger partial charge on any atom is -0.381 e. The average molecular weight is 365 g/mol. The van der Waals surface area contributed by atoms with Crippen LogP contribution in [0.25, 0.3) is 0 Å². The summed E-state index contributed by atoms with van der Waals surface area (Å²) in [7, 11) is 1.74. The predicted octanol–water partition coefficient (Wildman–Crippen LogP) is 2.82. The number of nitrogens with zero attached hydrogens (tertiary/aromatic N) is 4. The van der Waals surface area contributed by atoms with Crippen molar-refractivity contribution in [2.45, 2.75) is 24.9 Å². The fourth-order valence-corrected chi connectivity index (χ4v) is 3.50. The number of nitrogens with one attached hydrogen (secondary N) is 1. The standard InChI is InChI=1S/C20H23N5O2/c1-26-17-12-25(13-17)20-10-16(15-3-6-27-7-4-15)9-19(24-20)23-18-8-14(11-21)2-5-22-18/h2,5,8-10,15,17H,3-4,6-7,12-13H2,1H3,(H,22,23,24). The van der Waals surface area contributed by atoms with Gasteiger partial charge in [-0.2, -0.15) is 5.26 Å². The lowest BCUT2D eigenvalue weighted by molar-refractivity contribution is 0.0782. The van der Waals surface area contributed by atoms with Crippen molar-refractivity contribution in [1.29, 1.82) is 5.26 Å². The van der Waals surface area contributed by atoms with Gasteiger partial charge in [0, 0.05) is 39.6 Å². The molecule has 27 heavy (non-hydrogen) atoms. The summed E-state index contributed by atoms with van der Waals surface area (Å²) in [5, 5.41) is 12.4. The highest BCUT2D eigenvalue weighted by Crippen LogP contribution is 2.32. The van der Waals surface area contributed by atoms with Gasteiger partial charge in [0.25, 0.3) is 0 Å². The molecule has 1 N–H and O–H groups in total. The van der Waals surface area contributed by atoms with Gasteiger partial charge in [-0.3, -0.25) is 0 Å². The van der Waals surface area contributed by atoms with E-state index in [0.717, 1.165) is 50.8 Å². The molecule has 140 valence electrons. The van der Waals surface area contributed by atoms with Crippen LogP contribution in [0.5, 0.6) is 0 Å². The van der Waals surface area contributed by atoms with Gasteiger partial charge in [0.2, 0.25) is 0 Å². The van der Waals surface area contributed by atoms with Crippen LogP contribution in [-0.4, -0.2) is 49.5 Å². The summed E-state index contributed by atoms with van der Waals surface area (Å²) < 4.78 is 10.9. The second-order valence-corrected chi connectivity index (χ2v) is 6.96. The molecule has 2 aliphatic heterocycles. The first-order valence-corrected chi connectivity index (χ1v) is 9.26. The highest BCUT2D eigenvalue weighted by atomic mass is 16.5. The van der Waals surface area contributed by atoms with E-state index < -0.39 is 0 Å². The number of hydrogen-bond acceptors (Lipinski definition) is 7. The van der Waals surface area contributed by atoms with Crippen LogP contribution in [0.3, 0.4) is 0 Å². The largest absolute Gasteiger partial charge is 0.381 e. The molecule has 4 rings (SSSR count). The number of nitriles is 1. The van der Waals surface area contributed by atoms with Gasteiger partial charge in [-0.05, 0) is 48.6 Å². The molecule has 2 fully saturated rings. The Bertz CT molecular complexity index is 839. The van der Waals surface area contributed by atoms with Crippen molar-refractivity contribution in [2.75, 3.05) is 43.6 Å². The fourth-order valence-electron chi connectivity index (χ4n) is 3.50. The van der Waals surface area contributed by atoms with Crippen LogP contribution >= 0.6 is 0 Å². The number of hydrogen-bond donors (Lipinski definition) is 1. The van der Waals surface area contributed by atoms with Crippen LogP contribution < -0.4 is 10.2 Å². The van der Waals surface area contributed by atoms with E-state index in [0.29, 0.717) is 17.3 Å². The van der Waals surface area contributed by atoms with Crippen LogP contribution in [0, 0.1) is 11.3 Å². The number of rotatable bonds is 5. The van der Waals surface area contributed by atoms with Crippen LogP contribution in [0.15, 0.2) is 30.5 Å². The molecular weight excluding hydrogens is 342 g/mol. The quantitative estimate of drug-likeness (QED) is 0.872. The summed E-state index contributed by atoms with van der Waals surface area (Å²) in [5.41, 5.74) is 1.84. The van der Waals surface area contributed by atoms with E-state index in [1.165, 1.54) is 5.56 Å². The Morgan fingerprint density at radius 1 is 1.22 bits per heavy atom. The molecule has 0 spiro atoms. The number of methoxy groups -OCH3 is 1. The van der Waals surface area contributed by atoms with Gasteiger partial charge in [-0.25, -0.2) is 9.97 Å². The minimum absolute atomic E-state index is 0.268. The lowest BCUT2D eigenvalue weighted by Gasteiger charge is -2.39. The Kier molecular flexibility index (Phi) is 5.19. The van der Waals surface area contributed by atoms with Gasteiger partial charge >= 0.3 is 0 Å². The highest BCUT2D eigenvalue weighted by molar-refractivity contribution is 5.59. The molecule has 2 aromatic heterocycles. The van der Waals surface area contributed by atoms with E-state index in [-0.39, 0.29) is 6.10 Å².